The summed E-state index contributed by atoms with van der Waals surface area (Å²) in [6.45, 7) is 6.46. The van der Waals surface area contributed by atoms with Crippen LogP contribution in [0.25, 0.3) is 14.8 Å². The second-order valence-electron chi connectivity index (χ2n) is 5.33. The summed E-state index contributed by atoms with van der Waals surface area (Å²) in [5, 5.41) is 11.8. The van der Waals surface area contributed by atoms with Gasteiger partial charge in [-0.25, -0.2) is 0 Å². The van der Waals surface area contributed by atoms with Crippen LogP contribution >= 0.6 is 23.6 Å². The molecule has 0 amide bonds. The summed E-state index contributed by atoms with van der Waals surface area (Å²) in [7, 11) is 0. The van der Waals surface area contributed by atoms with Gasteiger partial charge in [0, 0.05) is 0 Å². The fourth-order valence-electron chi connectivity index (χ4n) is 1.70. The van der Waals surface area contributed by atoms with E-state index in [4.69, 9.17) is 12.2 Å². The SMILES string of the molecule is CC(C)(C)c1nnc(-n2[se]c3ccccc3c2=S)s1. The summed E-state index contributed by atoms with van der Waals surface area (Å²) in [6.07, 6.45) is 0. The molecule has 0 unspecified atom stereocenters. The molecule has 0 fully saturated rings. The van der Waals surface area contributed by atoms with Gasteiger partial charge in [0.05, 0.1) is 0 Å². The van der Waals surface area contributed by atoms with E-state index in [0.29, 0.717) is 0 Å². The molecular formula is C13H13N3S2Se. The van der Waals surface area contributed by atoms with Crippen LogP contribution in [0, 0.1) is 4.64 Å². The Labute approximate surface area is 126 Å². The Morgan fingerprint density at radius 1 is 1.21 bits per heavy atom. The molecule has 0 N–H and O–H groups in total. The van der Waals surface area contributed by atoms with E-state index < -0.39 is 0 Å². The van der Waals surface area contributed by atoms with Gasteiger partial charge < -0.3 is 0 Å². The van der Waals surface area contributed by atoms with Crippen LogP contribution in [0.4, 0.5) is 0 Å². The molecule has 0 aliphatic carbocycles. The predicted molar refractivity (Wildman–Crippen MR) is 83.2 cm³/mol. The van der Waals surface area contributed by atoms with Crippen molar-refractivity contribution >= 4 is 47.9 Å². The van der Waals surface area contributed by atoms with Gasteiger partial charge in [0.2, 0.25) is 0 Å². The molecule has 6 heteroatoms. The monoisotopic (exact) mass is 355 g/mol. The van der Waals surface area contributed by atoms with Crippen molar-refractivity contribution in [2.24, 2.45) is 0 Å². The first-order valence-electron chi connectivity index (χ1n) is 5.92. The van der Waals surface area contributed by atoms with Crippen LogP contribution in [0.2, 0.25) is 0 Å². The number of fused-ring (bicyclic) bond motifs is 1. The summed E-state index contributed by atoms with van der Waals surface area (Å²) < 4.78 is 4.35. The molecule has 0 bridgehead atoms. The maximum absolute atomic E-state index is 5.56. The molecule has 2 aromatic heterocycles. The van der Waals surface area contributed by atoms with Crippen molar-refractivity contribution in [3.8, 4) is 5.13 Å². The van der Waals surface area contributed by atoms with Gasteiger partial charge in [-0.1, -0.05) is 0 Å². The number of benzene rings is 1. The van der Waals surface area contributed by atoms with Gasteiger partial charge >= 0.3 is 127 Å². The molecular weight excluding hydrogens is 341 g/mol. The Morgan fingerprint density at radius 3 is 2.58 bits per heavy atom. The van der Waals surface area contributed by atoms with E-state index in [1.807, 2.05) is 6.07 Å². The third-order valence-corrected chi connectivity index (χ3v) is 7.27. The number of aromatic nitrogens is 3. The van der Waals surface area contributed by atoms with Crippen molar-refractivity contribution in [3.63, 3.8) is 0 Å². The number of nitrogens with zero attached hydrogens (tertiary/aromatic N) is 3. The minimum absolute atomic E-state index is 0.0388. The van der Waals surface area contributed by atoms with E-state index in [1.54, 1.807) is 11.3 Å². The van der Waals surface area contributed by atoms with Gasteiger partial charge in [-0.15, -0.1) is 0 Å². The van der Waals surface area contributed by atoms with Gasteiger partial charge in [-0.05, 0) is 0 Å². The molecule has 3 nitrogen and oxygen atoms in total. The Morgan fingerprint density at radius 2 is 1.95 bits per heavy atom. The van der Waals surface area contributed by atoms with E-state index in [0.717, 1.165) is 14.8 Å². The van der Waals surface area contributed by atoms with Crippen molar-refractivity contribution in [3.05, 3.63) is 33.9 Å². The average Bonchev–Trinajstić information content (AvgIpc) is 2.94. The molecule has 0 saturated heterocycles. The molecule has 98 valence electrons. The molecule has 1 aromatic carbocycles. The van der Waals surface area contributed by atoms with Crippen LogP contribution in [0.1, 0.15) is 25.8 Å². The van der Waals surface area contributed by atoms with Crippen molar-refractivity contribution in [2.75, 3.05) is 0 Å². The van der Waals surface area contributed by atoms with E-state index in [9.17, 15) is 0 Å². The van der Waals surface area contributed by atoms with Crippen LogP contribution in [0.3, 0.4) is 0 Å². The van der Waals surface area contributed by atoms with E-state index in [-0.39, 0.29) is 20.1 Å². The summed E-state index contributed by atoms with van der Waals surface area (Å²) in [6, 6.07) is 8.33. The van der Waals surface area contributed by atoms with Gasteiger partial charge in [0.15, 0.2) is 0 Å². The Balaban J connectivity index is 2.17. The van der Waals surface area contributed by atoms with Crippen LogP contribution in [-0.4, -0.2) is 28.5 Å². The zero-order chi connectivity index (χ0) is 13.6. The number of rotatable bonds is 1. The molecule has 0 radical (unpaired) electrons. The molecule has 19 heavy (non-hydrogen) atoms. The fraction of sp³-hybridized carbons (Fsp3) is 0.308. The number of hydrogen-bond donors (Lipinski definition) is 0. The van der Waals surface area contributed by atoms with E-state index in [2.05, 4.69) is 52.7 Å². The summed E-state index contributed by atoms with van der Waals surface area (Å²) in [4.78, 5) is 0. The second-order valence-corrected chi connectivity index (χ2v) is 8.74. The zero-order valence-electron chi connectivity index (χ0n) is 10.9. The first kappa shape index (κ1) is 13.2. The second kappa shape index (κ2) is 4.63. The van der Waals surface area contributed by atoms with Gasteiger partial charge in [0.25, 0.3) is 0 Å². The zero-order valence-corrected chi connectivity index (χ0v) is 14.2. The minimum atomic E-state index is 0.0388. The standard InChI is InChI=1S/C13H13N3S2Se/c1-13(2,3)11-14-15-12(18-11)16-10(17)8-6-4-5-7-9(8)19-16/h4-7H,1-3H3. The molecule has 3 aromatic rings. The molecule has 0 saturated carbocycles. The topological polar surface area (TPSA) is 30.7 Å². The fourth-order valence-corrected chi connectivity index (χ4v) is 5.48. The van der Waals surface area contributed by atoms with Crippen molar-refractivity contribution in [1.82, 2.24) is 13.8 Å². The summed E-state index contributed by atoms with van der Waals surface area (Å²) in [5.74, 6) is 0. The van der Waals surface area contributed by atoms with E-state index in [1.165, 1.54) is 9.65 Å². The third-order valence-electron chi connectivity index (χ3n) is 2.72. The summed E-state index contributed by atoms with van der Waals surface area (Å²) in [5.41, 5.74) is 0.0388. The Bertz CT molecular complexity index is 792. The quantitative estimate of drug-likeness (QED) is 0.494. The molecule has 0 aliphatic rings. The van der Waals surface area contributed by atoms with Crippen LogP contribution in [0.15, 0.2) is 24.3 Å². The number of hydrogen-bond acceptors (Lipinski definition) is 4. The van der Waals surface area contributed by atoms with Crippen molar-refractivity contribution in [1.29, 1.82) is 0 Å². The third kappa shape index (κ3) is 2.34. The average molecular weight is 354 g/mol. The Kier molecular flexibility index (Phi) is 3.21. The molecule has 2 heterocycles. The first-order chi connectivity index (χ1) is 8.97. The summed E-state index contributed by atoms with van der Waals surface area (Å²) >= 11 is 7.39. The van der Waals surface area contributed by atoms with Crippen LogP contribution in [0.5, 0.6) is 0 Å². The molecule has 0 spiro atoms. The maximum atomic E-state index is 5.56. The van der Waals surface area contributed by atoms with Crippen molar-refractivity contribution in [2.45, 2.75) is 26.2 Å². The van der Waals surface area contributed by atoms with Crippen LogP contribution < -0.4 is 0 Å². The van der Waals surface area contributed by atoms with E-state index >= 15 is 0 Å². The van der Waals surface area contributed by atoms with Crippen molar-refractivity contribution < 1.29 is 0 Å². The first-order valence-corrected chi connectivity index (χ1v) is 8.77. The normalized spacial score (nSPS) is 12.2. The predicted octanol–water partition coefficient (Wildman–Crippen LogP) is 3.57. The van der Waals surface area contributed by atoms with Gasteiger partial charge in [-0.3, -0.25) is 0 Å². The molecule has 3 rings (SSSR count). The Hall–Kier alpha value is -0.811. The van der Waals surface area contributed by atoms with Gasteiger partial charge in [-0.2, -0.15) is 0 Å². The van der Waals surface area contributed by atoms with Gasteiger partial charge in [0.1, 0.15) is 0 Å². The molecule has 0 aliphatic heterocycles. The van der Waals surface area contributed by atoms with Crippen LogP contribution in [-0.2, 0) is 5.41 Å². The molecule has 0 atom stereocenters.